The van der Waals surface area contributed by atoms with Crippen molar-refractivity contribution < 1.29 is 9.59 Å². The number of anilines is 1. The normalized spacial score (nSPS) is 20.8. The largest absolute Gasteiger partial charge is 0.336 e. The molecular weight excluding hydrogens is 308 g/mol. The van der Waals surface area contributed by atoms with Crippen molar-refractivity contribution in [3.63, 3.8) is 0 Å². The molecular formula is C14H17BrN2O2. The van der Waals surface area contributed by atoms with Crippen molar-refractivity contribution in [3.8, 4) is 0 Å². The second-order valence-electron chi connectivity index (χ2n) is 5.04. The van der Waals surface area contributed by atoms with Gasteiger partial charge in [-0.05, 0) is 40.4 Å². The Bertz CT molecular complexity index is 504. The van der Waals surface area contributed by atoms with E-state index in [-0.39, 0.29) is 24.3 Å². The Kier molecular flexibility index (Phi) is 4.24. The zero-order valence-electron chi connectivity index (χ0n) is 11.0. The van der Waals surface area contributed by atoms with Crippen molar-refractivity contribution in [2.24, 2.45) is 11.8 Å². The summed E-state index contributed by atoms with van der Waals surface area (Å²) in [6.07, 6.45) is 0.940. The third-order valence-corrected chi connectivity index (χ3v) is 4.02. The number of benzene rings is 1. The number of para-hydroxylation sites is 1. The average molecular weight is 325 g/mol. The van der Waals surface area contributed by atoms with Crippen LogP contribution in [0.1, 0.15) is 13.3 Å². The number of rotatable bonds is 4. The number of carbonyl (C=O) groups excluding carboxylic acids is 2. The Balaban J connectivity index is 1.87. The molecule has 0 bridgehead atoms. The van der Waals surface area contributed by atoms with Crippen molar-refractivity contribution in [3.05, 3.63) is 28.7 Å². The van der Waals surface area contributed by atoms with Gasteiger partial charge in [0, 0.05) is 17.4 Å². The molecule has 1 aromatic rings. The Hall–Kier alpha value is -1.36. The molecule has 0 radical (unpaired) electrons. The molecule has 1 aliphatic rings. The van der Waals surface area contributed by atoms with Crippen LogP contribution in [0, 0.1) is 11.8 Å². The zero-order valence-corrected chi connectivity index (χ0v) is 12.6. The molecule has 1 saturated carbocycles. The standard InChI is InChI=1S/C14H17BrN2O2/c1-9-7-10(9)14(19)17(2)8-13(18)16-12-6-4-3-5-11(12)15/h3-6,9-10H,7-8H2,1-2H3,(H,16,18)/t9-,10-/m1/s1. The summed E-state index contributed by atoms with van der Waals surface area (Å²) in [4.78, 5) is 25.3. The topological polar surface area (TPSA) is 49.4 Å². The van der Waals surface area contributed by atoms with Gasteiger partial charge in [0.25, 0.3) is 0 Å². The van der Waals surface area contributed by atoms with Gasteiger partial charge < -0.3 is 10.2 Å². The highest BCUT2D eigenvalue weighted by Gasteiger charge is 2.40. The fourth-order valence-corrected chi connectivity index (χ4v) is 2.38. The molecule has 0 aliphatic heterocycles. The van der Waals surface area contributed by atoms with Crippen LogP contribution in [-0.2, 0) is 9.59 Å². The molecule has 0 saturated heterocycles. The quantitative estimate of drug-likeness (QED) is 0.925. The van der Waals surface area contributed by atoms with Crippen LogP contribution in [0.25, 0.3) is 0 Å². The summed E-state index contributed by atoms with van der Waals surface area (Å²) in [5, 5.41) is 2.79. The lowest BCUT2D eigenvalue weighted by atomic mass is 10.3. The molecule has 2 rings (SSSR count). The van der Waals surface area contributed by atoms with Gasteiger partial charge in [0.1, 0.15) is 0 Å². The summed E-state index contributed by atoms with van der Waals surface area (Å²) in [5.74, 6) is 0.452. The smallest absolute Gasteiger partial charge is 0.244 e. The van der Waals surface area contributed by atoms with E-state index in [1.165, 1.54) is 4.90 Å². The summed E-state index contributed by atoms with van der Waals surface area (Å²) >= 11 is 3.37. The van der Waals surface area contributed by atoms with Gasteiger partial charge in [0.15, 0.2) is 0 Å². The van der Waals surface area contributed by atoms with Crippen LogP contribution >= 0.6 is 15.9 Å². The van der Waals surface area contributed by atoms with Crippen LogP contribution in [0.5, 0.6) is 0 Å². The second-order valence-corrected chi connectivity index (χ2v) is 5.90. The minimum atomic E-state index is -0.184. The van der Waals surface area contributed by atoms with Crippen molar-refractivity contribution in [2.45, 2.75) is 13.3 Å². The van der Waals surface area contributed by atoms with Crippen LogP contribution in [0.15, 0.2) is 28.7 Å². The Morgan fingerprint density at radius 1 is 1.42 bits per heavy atom. The summed E-state index contributed by atoms with van der Waals surface area (Å²) in [6, 6.07) is 7.40. The van der Waals surface area contributed by atoms with E-state index in [1.807, 2.05) is 24.3 Å². The maximum absolute atomic E-state index is 11.9. The average Bonchev–Trinajstić information content (AvgIpc) is 3.08. The lowest BCUT2D eigenvalue weighted by Crippen LogP contribution is -2.36. The minimum absolute atomic E-state index is 0.0646. The molecule has 2 amide bonds. The lowest BCUT2D eigenvalue weighted by molar-refractivity contribution is -0.134. The van der Waals surface area contributed by atoms with Crippen molar-refractivity contribution in [1.82, 2.24) is 4.90 Å². The Labute approximate surface area is 121 Å². The summed E-state index contributed by atoms with van der Waals surface area (Å²) in [5.41, 5.74) is 0.716. The zero-order chi connectivity index (χ0) is 14.0. The van der Waals surface area contributed by atoms with Crippen LogP contribution in [0.2, 0.25) is 0 Å². The number of likely N-dealkylation sites (N-methyl/N-ethyl adjacent to an activating group) is 1. The fourth-order valence-electron chi connectivity index (χ4n) is 1.99. The number of halogens is 1. The van der Waals surface area contributed by atoms with E-state index in [0.717, 1.165) is 10.9 Å². The van der Waals surface area contributed by atoms with E-state index < -0.39 is 0 Å². The molecule has 0 unspecified atom stereocenters. The summed E-state index contributed by atoms with van der Waals surface area (Å²) < 4.78 is 0.827. The first-order valence-corrected chi connectivity index (χ1v) is 7.07. The molecule has 0 heterocycles. The third-order valence-electron chi connectivity index (χ3n) is 3.33. The molecule has 4 nitrogen and oxygen atoms in total. The van der Waals surface area contributed by atoms with Gasteiger partial charge in [0.2, 0.25) is 11.8 Å². The first-order chi connectivity index (χ1) is 8.99. The minimum Gasteiger partial charge on any atom is -0.336 e. The van der Waals surface area contributed by atoms with Crippen LogP contribution in [-0.4, -0.2) is 30.3 Å². The van der Waals surface area contributed by atoms with E-state index in [1.54, 1.807) is 7.05 Å². The molecule has 19 heavy (non-hydrogen) atoms. The number of hydrogen-bond acceptors (Lipinski definition) is 2. The van der Waals surface area contributed by atoms with Gasteiger partial charge in [0.05, 0.1) is 12.2 Å². The van der Waals surface area contributed by atoms with E-state index >= 15 is 0 Å². The highest BCUT2D eigenvalue weighted by Crippen LogP contribution is 2.38. The fraction of sp³-hybridized carbons (Fsp3) is 0.429. The van der Waals surface area contributed by atoms with Crippen LogP contribution in [0.4, 0.5) is 5.69 Å². The van der Waals surface area contributed by atoms with Gasteiger partial charge in [-0.15, -0.1) is 0 Å². The van der Waals surface area contributed by atoms with E-state index in [0.29, 0.717) is 11.6 Å². The summed E-state index contributed by atoms with van der Waals surface area (Å²) in [7, 11) is 1.67. The second kappa shape index (κ2) is 5.74. The summed E-state index contributed by atoms with van der Waals surface area (Å²) in [6.45, 7) is 2.14. The molecule has 1 aliphatic carbocycles. The number of hydrogen-bond donors (Lipinski definition) is 1. The molecule has 2 atom stereocenters. The highest BCUT2D eigenvalue weighted by molar-refractivity contribution is 9.10. The monoisotopic (exact) mass is 324 g/mol. The van der Waals surface area contributed by atoms with Gasteiger partial charge in [-0.3, -0.25) is 9.59 Å². The number of carbonyl (C=O) groups is 2. The Morgan fingerprint density at radius 3 is 2.63 bits per heavy atom. The number of nitrogens with zero attached hydrogens (tertiary/aromatic N) is 1. The SMILES string of the molecule is C[C@@H]1C[C@H]1C(=O)N(C)CC(=O)Nc1ccccc1Br. The van der Waals surface area contributed by atoms with Crippen LogP contribution in [0.3, 0.4) is 0 Å². The maximum atomic E-state index is 11.9. The Morgan fingerprint density at radius 2 is 2.05 bits per heavy atom. The molecule has 5 heteroatoms. The molecule has 0 spiro atoms. The van der Waals surface area contributed by atoms with Crippen LogP contribution < -0.4 is 5.32 Å². The third kappa shape index (κ3) is 3.56. The van der Waals surface area contributed by atoms with Gasteiger partial charge in [-0.2, -0.15) is 0 Å². The number of amides is 2. The van der Waals surface area contributed by atoms with Gasteiger partial charge in [-0.25, -0.2) is 0 Å². The molecule has 1 fully saturated rings. The van der Waals surface area contributed by atoms with Gasteiger partial charge >= 0.3 is 0 Å². The van der Waals surface area contributed by atoms with Gasteiger partial charge in [-0.1, -0.05) is 19.1 Å². The van der Waals surface area contributed by atoms with E-state index in [2.05, 4.69) is 28.2 Å². The van der Waals surface area contributed by atoms with E-state index in [4.69, 9.17) is 0 Å². The van der Waals surface area contributed by atoms with Crippen molar-refractivity contribution >= 4 is 33.4 Å². The molecule has 1 aromatic carbocycles. The molecule has 0 aromatic heterocycles. The van der Waals surface area contributed by atoms with Crippen molar-refractivity contribution in [2.75, 3.05) is 18.9 Å². The maximum Gasteiger partial charge on any atom is 0.244 e. The lowest BCUT2D eigenvalue weighted by Gasteiger charge is -2.17. The highest BCUT2D eigenvalue weighted by atomic mass is 79.9. The first kappa shape index (κ1) is 14.1. The first-order valence-electron chi connectivity index (χ1n) is 6.28. The predicted octanol–water partition coefficient (Wildman–Crippen LogP) is 2.50. The number of nitrogens with one attached hydrogen (secondary N) is 1. The molecule has 102 valence electrons. The molecule has 1 N–H and O–H groups in total. The van der Waals surface area contributed by atoms with Crippen molar-refractivity contribution in [1.29, 1.82) is 0 Å². The predicted molar refractivity (Wildman–Crippen MR) is 77.7 cm³/mol. The van der Waals surface area contributed by atoms with E-state index in [9.17, 15) is 9.59 Å².